The topological polar surface area (TPSA) is 94.5 Å². The minimum atomic E-state index is -4.84. The van der Waals surface area contributed by atoms with Crippen molar-refractivity contribution in [2.45, 2.75) is 6.36 Å². The van der Waals surface area contributed by atoms with Gasteiger partial charge in [0.25, 0.3) is 0 Å². The summed E-state index contributed by atoms with van der Waals surface area (Å²) in [5, 5.41) is 18.6. The fraction of sp³-hybridized carbons (Fsp3) is 0.304. The highest BCUT2D eigenvalue weighted by molar-refractivity contribution is 6.58. The molecule has 0 aliphatic carbocycles. The van der Waals surface area contributed by atoms with Gasteiger partial charge < -0.3 is 25.0 Å². The Balaban J connectivity index is 0.00000180. The summed E-state index contributed by atoms with van der Waals surface area (Å²) >= 11 is 0. The molecule has 1 saturated heterocycles. The van der Waals surface area contributed by atoms with Crippen LogP contribution < -0.4 is 10.1 Å². The number of para-hydroxylation sites is 1. The lowest BCUT2D eigenvalue weighted by Crippen LogP contribution is -2.44. The van der Waals surface area contributed by atoms with Crippen molar-refractivity contribution in [2.24, 2.45) is 10.1 Å². The van der Waals surface area contributed by atoms with Gasteiger partial charge in [-0.05, 0) is 24.3 Å². The molecule has 2 aliphatic rings. The van der Waals surface area contributed by atoms with Gasteiger partial charge in [-0.3, -0.25) is 4.90 Å². The predicted octanol–water partition coefficient (Wildman–Crippen LogP) is 4.38. The summed E-state index contributed by atoms with van der Waals surface area (Å²) in [6.07, 6.45) is -4.84. The van der Waals surface area contributed by atoms with Gasteiger partial charge in [-0.15, -0.1) is 38.0 Å². The third kappa shape index (κ3) is 5.86. The highest BCUT2D eigenvalue weighted by Crippen LogP contribution is 2.37. The minimum Gasteiger partial charge on any atom is -0.494 e. The molecule has 36 heavy (non-hydrogen) atoms. The van der Waals surface area contributed by atoms with Crippen LogP contribution in [0.2, 0.25) is 0 Å². The molecule has 2 aliphatic heterocycles. The fourth-order valence-electron chi connectivity index (χ4n) is 4.15. The molecular weight excluding hydrogens is 522 g/mol. The van der Waals surface area contributed by atoms with Crippen LogP contribution in [0.4, 0.5) is 18.9 Å². The van der Waals surface area contributed by atoms with E-state index in [9.17, 15) is 18.3 Å². The average molecular weight is 546 g/mol. The highest BCUT2D eigenvalue weighted by Gasteiger charge is 2.33. The Kier molecular flexibility index (Phi) is 8.72. The second-order valence-corrected chi connectivity index (χ2v) is 7.95. The number of hydrogen-bond acceptors (Lipinski definition) is 7. The maximum Gasteiger partial charge on any atom is 0.573 e. The summed E-state index contributed by atoms with van der Waals surface area (Å²) in [5.74, 6) is -0.638. The monoisotopic (exact) mass is 545 g/mol. The summed E-state index contributed by atoms with van der Waals surface area (Å²) in [7, 11) is 0. The first-order valence-electron chi connectivity index (χ1n) is 10.8. The van der Waals surface area contributed by atoms with Crippen molar-refractivity contribution in [1.29, 1.82) is 0 Å². The summed E-state index contributed by atoms with van der Waals surface area (Å²) in [6, 6.07) is 11.1. The number of ether oxygens (including phenoxy) is 1. The van der Waals surface area contributed by atoms with Crippen LogP contribution in [-0.4, -0.2) is 72.1 Å². The van der Waals surface area contributed by atoms with Crippen molar-refractivity contribution >= 4 is 52.8 Å². The standard InChI is InChI=1S/C23H22F3N5O3.2ClH/c24-23(25,26)34-14-5-6-18-16(13-14)19(22(32)29-18)21-20(15-3-1-2-4-17(15)28-21)30-33-12-11-31-9-7-27-8-10-31;;/h1-6,13,27,29,32H,7-12H2;2*1H/b30-20+;;. The van der Waals surface area contributed by atoms with Crippen LogP contribution in [0.15, 0.2) is 52.6 Å². The van der Waals surface area contributed by atoms with E-state index in [4.69, 9.17) is 4.84 Å². The number of hydrogen-bond donors (Lipinski definition) is 3. The van der Waals surface area contributed by atoms with Gasteiger partial charge in [0.1, 0.15) is 23.8 Å². The van der Waals surface area contributed by atoms with E-state index in [1.54, 1.807) is 6.07 Å². The van der Waals surface area contributed by atoms with Gasteiger partial charge in [0, 0.05) is 49.2 Å². The van der Waals surface area contributed by atoms with Crippen molar-refractivity contribution in [3.05, 3.63) is 53.6 Å². The van der Waals surface area contributed by atoms with Gasteiger partial charge in [-0.2, -0.15) is 0 Å². The SMILES string of the molecule is Cl.Cl.Oc1[nH]c2ccc(OC(F)(F)F)cc2c1C1=Nc2ccccc2/C1=N\OCCN1CCNCC1. The smallest absolute Gasteiger partial charge is 0.494 e. The number of oxime groups is 1. The first kappa shape index (κ1) is 27.6. The number of nitrogens with one attached hydrogen (secondary N) is 2. The number of aromatic amines is 1. The number of piperazine rings is 1. The maximum absolute atomic E-state index is 12.8. The number of benzene rings is 2. The third-order valence-electron chi connectivity index (χ3n) is 5.70. The van der Waals surface area contributed by atoms with Crippen molar-refractivity contribution in [2.75, 3.05) is 39.3 Å². The van der Waals surface area contributed by atoms with Gasteiger partial charge in [0.2, 0.25) is 0 Å². The van der Waals surface area contributed by atoms with Gasteiger partial charge in [-0.1, -0.05) is 23.4 Å². The molecule has 1 aromatic heterocycles. The number of H-pyrrole nitrogens is 1. The molecule has 0 atom stereocenters. The first-order valence-corrected chi connectivity index (χ1v) is 10.8. The van der Waals surface area contributed by atoms with E-state index in [1.807, 2.05) is 18.2 Å². The Morgan fingerprint density at radius 3 is 2.58 bits per heavy atom. The summed E-state index contributed by atoms with van der Waals surface area (Å²) < 4.78 is 42.3. The molecule has 0 saturated carbocycles. The van der Waals surface area contributed by atoms with Crippen molar-refractivity contribution in [3.8, 4) is 11.6 Å². The van der Waals surface area contributed by atoms with Crippen molar-refractivity contribution < 1.29 is 27.9 Å². The number of alkyl halides is 3. The third-order valence-corrected chi connectivity index (χ3v) is 5.70. The second kappa shape index (κ2) is 11.4. The lowest BCUT2D eigenvalue weighted by Gasteiger charge is -2.26. The molecule has 3 N–H and O–H groups in total. The number of aliphatic imine (C=N–C) groups is 1. The minimum absolute atomic E-state index is 0. The predicted molar refractivity (Wildman–Crippen MR) is 136 cm³/mol. The van der Waals surface area contributed by atoms with E-state index in [2.05, 4.69) is 30.1 Å². The normalized spacial score (nSPS) is 16.8. The molecule has 2 aromatic carbocycles. The molecule has 0 amide bonds. The summed E-state index contributed by atoms with van der Waals surface area (Å²) in [5.41, 5.74) is 2.68. The zero-order chi connectivity index (χ0) is 23.7. The van der Waals surface area contributed by atoms with Gasteiger partial charge >= 0.3 is 6.36 Å². The molecule has 8 nitrogen and oxygen atoms in total. The molecule has 5 rings (SSSR count). The number of rotatable bonds is 6. The van der Waals surface area contributed by atoms with Crippen LogP contribution in [-0.2, 0) is 4.84 Å². The van der Waals surface area contributed by atoms with Gasteiger partial charge in [0.05, 0.1) is 11.3 Å². The van der Waals surface area contributed by atoms with Crippen LogP contribution in [0.5, 0.6) is 11.6 Å². The largest absolute Gasteiger partial charge is 0.573 e. The summed E-state index contributed by atoms with van der Waals surface area (Å²) in [4.78, 5) is 15.3. The van der Waals surface area contributed by atoms with Crippen LogP contribution in [0, 0.1) is 0 Å². The number of aromatic hydroxyl groups is 1. The van der Waals surface area contributed by atoms with E-state index >= 15 is 0 Å². The Bertz CT molecular complexity index is 1270. The van der Waals surface area contributed by atoms with E-state index in [1.165, 1.54) is 18.2 Å². The quantitative estimate of drug-likeness (QED) is 0.315. The number of fused-ring (bicyclic) bond motifs is 2. The molecule has 0 bridgehead atoms. The zero-order valence-corrected chi connectivity index (χ0v) is 20.5. The van der Waals surface area contributed by atoms with Crippen molar-refractivity contribution in [3.63, 3.8) is 0 Å². The molecule has 0 radical (unpaired) electrons. The van der Waals surface area contributed by atoms with Gasteiger partial charge in [0.15, 0.2) is 5.88 Å². The lowest BCUT2D eigenvalue weighted by molar-refractivity contribution is -0.274. The molecule has 194 valence electrons. The molecule has 13 heteroatoms. The fourth-order valence-corrected chi connectivity index (χ4v) is 4.15. The van der Waals surface area contributed by atoms with E-state index in [0.29, 0.717) is 46.7 Å². The lowest BCUT2D eigenvalue weighted by atomic mass is 10.0. The van der Waals surface area contributed by atoms with Crippen LogP contribution in [0.1, 0.15) is 11.1 Å². The first-order chi connectivity index (χ1) is 16.4. The molecule has 0 unspecified atom stereocenters. The van der Waals surface area contributed by atoms with Gasteiger partial charge in [-0.25, -0.2) is 4.99 Å². The van der Waals surface area contributed by atoms with E-state index in [0.717, 1.165) is 26.2 Å². The average Bonchev–Trinajstić information content (AvgIpc) is 3.32. The number of halogens is 5. The van der Waals surface area contributed by atoms with Crippen LogP contribution >= 0.6 is 24.8 Å². The van der Waals surface area contributed by atoms with E-state index in [-0.39, 0.29) is 36.3 Å². The number of aromatic nitrogens is 1. The summed E-state index contributed by atoms with van der Waals surface area (Å²) in [6.45, 7) is 4.80. The van der Waals surface area contributed by atoms with Crippen molar-refractivity contribution in [1.82, 2.24) is 15.2 Å². The second-order valence-electron chi connectivity index (χ2n) is 7.95. The Morgan fingerprint density at radius 1 is 1.08 bits per heavy atom. The number of nitrogens with zero attached hydrogens (tertiary/aromatic N) is 3. The Labute approximate surface area is 217 Å². The zero-order valence-electron chi connectivity index (χ0n) is 18.8. The molecule has 3 aromatic rings. The Hall–Kier alpha value is -2.99. The maximum atomic E-state index is 12.8. The molecule has 0 spiro atoms. The van der Waals surface area contributed by atoms with Crippen LogP contribution in [0.3, 0.4) is 0 Å². The van der Waals surface area contributed by atoms with E-state index < -0.39 is 12.1 Å². The molecule has 3 heterocycles. The Morgan fingerprint density at radius 2 is 1.83 bits per heavy atom. The highest BCUT2D eigenvalue weighted by atomic mass is 35.5. The molecule has 1 fully saturated rings. The molecular formula is C23H24Cl2F3N5O3. The van der Waals surface area contributed by atoms with Crippen LogP contribution in [0.25, 0.3) is 10.9 Å².